The van der Waals surface area contributed by atoms with Crippen LogP contribution in [0.1, 0.15) is 45.2 Å². The van der Waals surface area contributed by atoms with Crippen molar-refractivity contribution in [2.45, 2.75) is 26.3 Å². The molecule has 7 nitrogen and oxygen atoms in total. The predicted molar refractivity (Wildman–Crippen MR) is 132 cm³/mol. The number of hydrogen-bond acceptors (Lipinski definition) is 7. The SMILES string of the molecule is C=CCOc1ccc(C2c3c(oc4cc(C)c(Cl)cc4c3=O)C(=O)N2c2nnc(CC)s2)cc1. The highest BCUT2D eigenvalue weighted by Gasteiger charge is 2.45. The summed E-state index contributed by atoms with van der Waals surface area (Å²) in [5, 5.41) is 10.4. The van der Waals surface area contributed by atoms with Crippen LogP contribution < -0.4 is 15.1 Å². The Labute approximate surface area is 204 Å². The van der Waals surface area contributed by atoms with Gasteiger partial charge in [0.05, 0.1) is 17.0 Å². The molecular weight excluding hydrogens is 474 g/mol. The van der Waals surface area contributed by atoms with Crippen molar-refractivity contribution >= 4 is 44.9 Å². The maximum atomic E-state index is 13.7. The third kappa shape index (κ3) is 3.59. The first-order valence-corrected chi connectivity index (χ1v) is 11.9. The summed E-state index contributed by atoms with van der Waals surface area (Å²) in [6, 6.07) is 9.78. The third-order valence-corrected chi connectivity index (χ3v) is 7.15. The van der Waals surface area contributed by atoms with E-state index in [1.54, 1.807) is 30.3 Å². The van der Waals surface area contributed by atoms with Gasteiger partial charge in [-0.25, -0.2) is 0 Å². The largest absolute Gasteiger partial charge is 0.490 e. The van der Waals surface area contributed by atoms with Crippen molar-refractivity contribution in [1.29, 1.82) is 0 Å². The van der Waals surface area contributed by atoms with Crippen LogP contribution >= 0.6 is 22.9 Å². The Kier molecular flexibility index (Phi) is 5.71. The van der Waals surface area contributed by atoms with Crippen molar-refractivity contribution in [2.24, 2.45) is 0 Å². The van der Waals surface area contributed by atoms with E-state index in [1.807, 2.05) is 26.0 Å². The van der Waals surface area contributed by atoms with E-state index in [-0.39, 0.29) is 16.8 Å². The van der Waals surface area contributed by atoms with Crippen LogP contribution in [0, 0.1) is 6.92 Å². The maximum Gasteiger partial charge on any atom is 0.297 e. The Hall–Kier alpha value is -3.49. The monoisotopic (exact) mass is 493 g/mol. The lowest BCUT2D eigenvalue weighted by atomic mass is 9.98. The van der Waals surface area contributed by atoms with Crippen LogP contribution in [0.2, 0.25) is 5.02 Å². The van der Waals surface area contributed by atoms with Crippen LogP contribution in [0.25, 0.3) is 11.0 Å². The summed E-state index contributed by atoms with van der Waals surface area (Å²) in [5.74, 6) is 0.221. The molecule has 3 heterocycles. The van der Waals surface area contributed by atoms with Gasteiger partial charge >= 0.3 is 0 Å². The Balaban J connectivity index is 1.72. The maximum absolute atomic E-state index is 13.7. The van der Waals surface area contributed by atoms with Gasteiger partial charge in [0.1, 0.15) is 22.9 Å². The molecule has 0 saturated heterocycles. The molecule has 0 aliphatic carbocycles. The number of carbonyl (C=O) groups excluding carboxylic acids is 1. The second kappa shape index (κ2) is 8.70. The van der Waals surface area contributed by atoms with Gasteiger partial charge in [0.2, 0.25) is 10.9 Å². The van der Waals surface area contributed by atoms with Gasteiger partial charge in [-0.1, -0.05) is 54.6 Å². The number of rotatable bonds is 6. The molecule has 2 aromatic carbocycles. The van der Waals surface area contributed by atoms with Crippen molar-refractivity contribution in [3.05, 3.63) is 91.8 Å². The lowest BCUT2D eigenvalue weighted by molar-refractivity contribution is 0.0970. The fraction of sp³-hybridized carbons (Fsp3) is 0.200. The van der Waals surface area contributed by atoms with Gasteiger partial charge in [0.25, 0.3) is 5.91 Å². The van der Waals surface area contributed by atoms with E-state index in [1.165, 1.54) is 16.2 Å². The number of aromatic nitrogens is 2. The quantitative estimate of drug-likeness (QED) is 0.330. The van der Waals surface area contributed by atoms with Crippen LogP contribution in [-0.4, -0.2) is 22.7 Å². The molecule has 0 N–H and O–H groups in total. The van der Waals surface area contributed by atoms with Crippen LogP contribution in [0.4, 0.5) is 5.13 Å². The number of nitrogens with zero attached hydrogens (tertiary/aromatic N) is 3. The molecular formula is C25H20ClN3O4S. The van der Waals surface area contributed by atoms with Gasteiger partial charge < -0.3 is 9.15 Å². The first-order chi connectivity index (χ1) is 16.4. The minimum absolute atomic E-state index is 0.00412. The molecule has 0 fully saturated rings. The number of ether oxygens (including phenoxy) is 1. The number of carbonyl (C=O) groups is 1. The Morgan fingerprint density at radius 2 is 2.00 bits per heavy atom. The van der Waals surface area contributed by atoms with E-state index in [2.05, 4.69) is 16.8 Å². The summed E-state index contributed by atoms with van der Waals surface area (Å²) >= 11 is 7.61. The van der Waals surface area contributed by atoms with Gasteiger partial charge in [0, 0.05) is 5.02 Å². The molecule has 0 saturated carbocycles. The molecule has 0 radical (unpaired) electrons. The molecule has 1 atom stereocenters. The first kappa shape index (κ1) is 22.3. The fourth-order valence-corrected chi connectivity index (χ4v) is 4.96. The summed E-state index contributed by atoms with van der Waals surface area (Å²) in [5.41, 5.74) is 1.75. The number of anilines is 1. The van der Waals surface area contributed by atoms with Crippen LogP contribution in [0.3, 0.4) is 0 Å². The smallest absolute Gasteiger partial charge is 0.297 e. The summed E-state index contributed by atoms with van der Waals surface area (Å²) in [6.07, 6.45) is 2.34. The molecule has 1 aliphatic heterocycles. The highest BCUT2D eigenvalue weighted by Crippen LogP contribution is 2.42. The van der Waals surface area contributed by atoms with E-state index in [9.17, 15) is 9.59 Å². The molecule has 1 amide bonds. The molecule has 172 valence electrons. The molecule has 1 unspecified atom stereocenters. The number of benzene rings is 2. The summed E-state index contributed by atoms with van der Waals surface area (Å²) in [7, 11) is 0. The zero-order valence-electron chi connectivity index (χ0n) is 18.5. The van der Waals surface area contributed by atoms with E-state index in [0.717, 1.165) is 16.1 Å². The van der Waals surface area contributed by atoms with Gasteiger partial charge in [-0.15, -0.1) is 10.2 Å². The molecule has 0 bridgehead atoms. The number of fused-ring (bicyclic) bond motifs is 2. The number of halogens is 1. The standard InChI is InChI=1S/C25H20ClN3O4S/c1-4-10-32-15-8-6-14(7-9-15)21-20-22(30)16-12-17(26)13(3)11-18(16)33-23(20)24(31)29(21)25-28-27-19(5-2)34-25/h4,6-9,11-12,21H,1,5,10H2,2-3H3. The van der Waals surface area contributed by atoms with Gasteiger partial charge in [-0.2, -0.15) is 0 Å². The van der Waals surface area contributed by atoms with Crippen molar-refractivity contribution in [3.63, 3.8) is 0 Å². The zero-order valence-corrected chi connectivity index (χ0v) is 20.1. The second-order valence-electron chi connectivity index (χ2n) is 7.85. The van der Waals surface area contributed by atoms with E-state index < -0.39 is 11.9 Å². The molecule has 4 aromatic rings. The highest BCUT2D eigenvalue weighted by atomic mass is 35.5. The summed E-state index contributed by atoms with van der Waals surface area (Å²) in [4.78, 5) is 28.8. The second-order valence-corrected chi connectivity index (χ2v) is 9.30. The summed E-state index contributed by atoms with van der Waals surface area (Å²) < 4.78 is 11.6. The number of amides is 1. The lowest BCUT2D eigenvalue weighted by Crippen LogP contribution is -2.29. The zero-order chi connectivity index (χ0) is 24.0. The molecule has 9 heteroatoms. The van der Waals surface area contributed by atoms with Crippen molar-refractivity contribution < 1.29 is 13.9 Å². The van der Waals surface area contributed by atoms with Crippen molar-refractivity contribution in [1.82, 2.24) is 10.2 Å². The van der Waals surface area contributed by atoms with E-state index in [4.69, 9.17) is 20.8 Å². The Bertz CT molecular complexity index is 1490. The number of hydrogen-bond donors (Lipinski definition) is 0. The van der Waals surface area contributed by atoms with E-state index in [0.29, 0.717) is 39.9 Å². The molecule has 1 aliphatic rings. The lowest BCUT2D eigenvalue weighted by Gasteiger charge is -2.22. The van der Waals surface area contributed by atoms with Crippen LogP contribution in [-0.2, 0) is 6.42 Å². The minimum atomic E-state index is -0.727. The molecule has 34 heavy (non-hydrogen) atoms. The highest BCUT2D eigenvalue weighted by molar-refractivity contribution is 7.15. The fourth-order valence-electron chi connectivity index (χ4n) is 3.99. The average molecular weight is 494 g/mol. The topological polar surface area (TPSA) is 85.5 Å². The van der Waals surface area contributed by atoms with Crippen molar-refractivity contribution in [2.75, 3.05) is 11.5 Å². The van der Waals surface area contributed by atoms with Gasteiger partial charge in [0.15, 0.2) is 5.43 Å². The molecule has 0 spiro atoms. The Morgan fingerprint density at radius 3 is 2.68 bits per heavy atom. The number of aryl methyl sites for hydroxylation is 2. The Morgan fingerprint density at radius 1 is 1.24 bits per heavy atom. The molecule has 5 rings (SSSR count). The third-order valence-electron chi connectivity index (χ3n) is 5.68. The van der Waals surface area contributed by atoms with Crippen molar-refractivity contribution in [3.8, 4) is 5.75 Å². The normalized spacial score (nSPS) is 15.1. The first-order valence-electron chi connectivity index (χ1n) is 10.7. The minimum Gasteiger partial charge on any atom is -0.490 e. The van der Waals surface area contributed by atoms with Gasteiger partial charge in [-0.3, -0.25) is 14.5 Å². The van der Waals surface area contributed by atoms with Crippen LogP contribution in [0.5, 0.6) is 5.75 Å². The average Bonchev–Trinajstić information content (AvgIpc) is 3.42. The summed E-state index contributed by atoms with van der Waals surface area (Å²) in [6.45, 7) is 7.81. The predicted octanol–water partition coefficient (Wildman–Crippen LogP) is 5.48. The van der Waals surface area contributed by atoms with Crippen LogP contribution in [0.15, 0.2) is 58.3 Å². The van der Waals surface area contributed by atoms with Gasteiger partial charge in [-0.05, 0) is 48.7 Å². The van der Waals surface area contributed by atoms with E-state index >= 15 is 0 Å². The molecule has 2 aromatic heterocycles.